The van der Waals surface area contributed by atoms with Crippen LogP contribution >= 0.6 is 11.6 Å². The maximum Gasteiger partial charge on any atom is 0.170 e. The molecule has 0 saturated carbocycles. The molecule has 1 aromatic carbocycles. The standard InChI is InChI=1S/C15H22ClN3O2/c1-19(10-13-4-2-3-7-21-13)9-12-6-5-11(8-14(12)16)15(17)18-20/h5-6,8,13,20H,2-4,7,9-10H2,1H3,(H2,17,18). The second-order valence-electron chi connectivity index (χ2n) is 5.48. The lowest BCUT2D eigenvalue weighted by Gasteiger charge is -2.27. The van der Waals surface area contributed by atoms with Crippen LogP contribution in [0.2, 0.25) is 5.02 Å². The van der Waals surface area contributed by atoms with E-state index in [2.05, 4.69) is 17.1 Å². The van der Waals surface area contributed by atoms with Crippen LogP contribution in [0.15, 0.2) is 23.4 Å². The third-order valence-electron chi connectivity index (χ3n) is 3.69. The van der Waals surface area contributed by atoms with Gasteiger partial charge in [-0.25, -0.2) is 0 Å². The summed E-state index contributed by atoms with van der Waals surface area (Å²) in [5, 5.41) is 12.3. The number of halogens is 1. The Labute approximate surface area is 130 Å². The Morgan fingerprint density at radius 3 is 2.95 bits per heavy atom. The normalized spacial score (nSPS) is 20.0. The molecule has 0 aliphatic carbocycles. The summed E-state index contributed by atoms with van der Waals surface area (Å²) in [6.07, 6.45) is 3.86. The molecule has 1 heterocycles. The van der Waals surface area contributed by atoms with Gasteiger partial charge in [0.25, 0.3) is 0 Å². The third kappa shape index (κ3) is 4.59. The Bertz CT molecular complexity index is 502. The predicted molar refractivity (Wildman–Crippen MR) is 83.9 cm³/mol. The monoisotopic (exact) mass is 311 g/mol. The largest absolute Gasteiger partial charge is 0.409 e. The first-order valence-electron chi connectivity index (χ1n) is 7.16. The predicted octanol–water partition coefficient (Wildman–Crippen LogP) is 2.44. The molecular weight excluding hydrogens is 290 g/mol. The molecule has 1 aliphatic heterocycles. The first-order valence-corrected chi connectivity index (χ1v) is 7.54. The smallest absolute Gasteiger partial charge is 0.170 e. The molecule has 116 valence electrons. The summed E-state index contributed by atoms with van der Waals surface area (Å²) in [4.78, 5) is 2.21. The van der Waals surface area contributed by atoms with Crippen molar-refractivity contribution in [3.8, 4) is 0 Å². The van der Waals surface area contributed by atoms with Crippen molar-refractivity contribution in [1.82, 2.24) is 4.90 Å². The zero-order valence-corrected chi connectivity index (χ0v) is 13.0. The lowest BCUT2D eigenvalue weighted by Crippen LogP contribution is -2.33. The van der Waals surface area contributed by atoms with Crippen LogP contribution in [0.25, 0.3) is 0 Å². The fourth-order valence-electron chi connectivity index (χ4n) is 2.55. The lowest BCUT2D eigenvalue weighted by molar-refractivity contribution is -0.00258. The van der Waals surface area contributed by atoms with Gasteiger partial charge >= 0.3 is 0 Å². The quantitative estimate of drug-likeness (QED) is 0.379. The van der Waals surface area contributed by atoms with E-state index in [0.717, 1.165) is 31.7 Å². The molecule has 3 N–H and O–H groups in total. The zero-order chi connectivity index (χ0) is 15.2. The van der Waals surface area contributed by atoms with Crippen LogP contribution in [0.5, 0.6) is 0 Å². The van der Waals surface area contributed by atoms with Gasteiger partial charge in [-0.3, -0.25) is 4.90 Å². The molecule has 0 bridgehead atoms. The van der Waals surface area contributed by atoms with E-state index < -0.39 is 0 Å². The highest BCUT2D eigenvalue weighted by Crippen LogP contribution is 2.20. The van der Waals surface area contributed by atoms with Crippen molar-refractivity contribution in [2.45, 2.75) is 31.9 Å². The minimum Gasteiger partial charge on any atom is -0.409 e. The van der Waals surface area contributed by atoms with E-state index in [1.165, 1.54) is 12.8 Å². The molecular formula is C15H22ClN3O2. The Morgan fingerprint density at radius 2 is 2.33 bits per heavy atom. The Hall–Kier alpha value is -1.30. The van der Waals surface area contributed by atoms with Crippen molar-refractivity contribution < 1.29 is 9.94 Å². The van der Waals surface area contributed by atoms with Crippen LogP contribution in [-0.4, -0.2) is 42.2 Å². The van der Waals surface area contributed by atoms with Crippen LogP contribution in [0.1, 0.15) is 30.4 Å². The van der Waals surface area contributed by atoms with Gasteiger partial charge in [0.1, 0.15) is 0 Å². The van der Waals surface area contributed by atoms with E-state index in [-0.39, 0.29) is 5.84 Å². The maximum atomic E-state index is 8.67. The van der Waals surface area contributed by atoms with Crippen molar-refractivity contribution in [3.63, 3.8) is 0 Å². The van der Waals surface area contributed by atoms with Crippen LogP contribution < -0.4 is 5.73 Å². The van der Waals surface area contributed by atoms with E-state index in [0.29, 0.717) is 16.7 Å². The average molecular weight is 312 g/mol. The molecule has 1 fully saturated rings. The summed E-state index contributed by atoms with van der Waals surface area (Å²) in [6, 6.07) is 5.44. The van der Waals surface area contributed by atoms with Gasteiger partial charge in [0.15, 0.2) is 5.84 Å². The summed E-state index contributed by atoms with van der Waals surface area (Å²) in [5.74, 6) is 0.0624. The Morgan fingerprint density at radius 1 is 1.52 bits per heavy atom. The molecule has 1 aromatic rings. The van der Waals surface area contributed by atoms with Gasteiger partial charge in [-0.15, -0.1) is 0 Å². The molecule has 0 aromatic heterocycles. The molecule has 2 rings (SSSR count). The van der Waals surface area contributed by atoms with Crippen LogP contribution in [0.4, 0.5) is 0 Å². The summed E-state index contributed by atoms with van der Waals surface area (Å²) < 4.78 is 5.75. The van der Waals surface area contributed by atoms with E-state index in [4.69, 9.17) is 27.3 Å². The first kappa shape index (κ1) is 16.1. The van der Waals surface area contributed by atoms with Gasteiger partial charge in [-0.05, 0) is 37.9 Å². The number of benzene rings is 1. The molecule has 1 atom stereocenters. The number of ether oxygens (including phenoxy) is 1. The zero-order valence-electron chi connectivity index (χ0n) is 12.3. The second-order valence-corrected chi connectivity index (χ2v) is 5.88. The summed E-state index contributed by atoms with van der Waals surface area (Å²) in [7, 11) is 2.06. The third-order valence-corrected chi connectivity index (χ3v) is 4.04. The molecule has 21 heavy (non-hydrogen) atoms. The minimum absolute atomic E-state index is 0.0624. The van der Waals surface area contributed by atoms with Crippen LogP contribution in [-0.2, 0) is 11.3 Å². The number of nitrogens with zero attached hydrogens (tertiary/aromatic N) is 2. The first-order chi connectivity index (χ1) is 10.1. The molecule has 5 nitrogen and oxygen atoms in total. The van der Waals surface area contributed by atoms with Gasteiger partial charge in [-0.1, -0.05) is 28.9 Å². The summed E-state index contributed by atoms with van der Waals surface area (Å²) in [5.41, 5.74) is 7.19. The number of hydrogen-bond donors (Lipinski definition) is 2. The van der Waals surface area contributed by atoms with Crippen LogP contribution in [0, 0.1) is 0 Å². The van der Waals surface area contributed by atoms with Crippen molar-refractivity contribution in [1.29, 1.82) is 0 Å². The maximum absolute atomic E-state index is 8.67. The summed E-state index contributed by atoms with van der Waals surface area (Å²) >= 11 is 6.27. The van der Waals surface area contributed by atoms with Gasteiger partial charge in [-0.2, -0.15) is 0 Å². The van der Waals surface area contributed by atoms with Gasteiger partial charge in [0.05, 0.1) is 6.10 Å². The highest BCUT2D eigenvalue weighted by atomic mass is 35.5. The van der Waals surface area contributed by atoms with Crippen molar-refractivity contribution >= 4 is 17.4 Å². The molecule has 0 radical (unpaired) electrons. The summed E-state index contributed by atoms with van der Waals surface area (Å²) in [6.45, 7) is 2.52. The number of rotatable bonds is 5. The minimum atomic E-state index is 0.0624. The number of nitrogens with two attached hydrogens (primary N) is 1. The van der Waals surface area contributed by atoms with Gasteiger partial charge in [0, 0.05) is 30.3 Å². The van der Waals surface area contributed by atoms with Crippen molar-refractivity contribution in [3.05, 3.63) is 34.3 Å². The molecule has 0 amide bonds. The van der Waals surface area contributed by atoms with Crippen LogP contribution in [0.3, 0.4) is 0 Å². The number of oxime groups is 1. The van der Waals surface area contributed by atoms with Gasteiger partial charge in [0.2, 0.25) is 0 Å². The lowest BCUT2D eigenvalue weighted by atomic mass is 10.1. The highest BCUT2D eigenvalue weighted by Gasteiger charge is 2.16. The second kappa shape index (κ2) is 7.64. The fourth-order valence-corrected chi connectivity index (χ4v) is 2.79. The molecule has 6 heteroatoms. The average Bonchev–Trinajstić information content (AvgIpc) is 2.49. The number of likely N-dealkylation sites (N-methyl/N-ethyl adjacent to an activating group) is 1. The van der Waals surface area contributed by atoms with E-state index in [1.807, 2.05) is 6.07 Å². The number of hydrogen-bond acceptors (Lipinski definition) is 4. The topological polar surface area (TPSA) is 71.1 Å². The van der Waals surface area contributed by atoms with Crippen molar-refractivity contribution in [2.75, 3.05) is 20.2 Å². The van der Waals surface area contributed by atoms with E-state index >= 15 is 0 Å². The Kier molecular flexibility index (Phi) is 5.85. The Balaban J connectivity index is 1.95. The van der Waals surface area contributed by atoms with Crippen molar-refractivity contribution in [2.24, 2.45) is 10.9 Å². The van der Waals surface area contributed by atoms with Gasteiger partial charge < -0.3 is 15.7 Å². The van der Waals surface area contributed by atoms with E-state index in [1.54, 1.807) is 12.1 Å². The fraction of sp³-hybridized carbons (Fsp3) is 0.533. The highest BCUT2D eigenvalue weighted by molar-refractivity contribution is 6.31. The molecule has 1 saturated heterocycles. The molecule has 0 spiro atoms. The molecule has 1 aliphatic rings. The number of amidine groups is 1. The molecule has 1 unspecified atom stereocenters. The van der Waals surface area contributed by atoms with E-state index in [9.17, 15) is 0 Å². The SMILES string of the molecule is CN(Cc1ccc(/C(N)=N/O)cc1Cl)CC1CCCCO1.